The van der Waals surface area contributed by atoms with Crippen LogP contribution >= 0.6 is 15.9 Å². The maximum atomic E-state index is 13.2. The van der Waals surface area contributed by atoms with E-state index in [1.807, 2.05) is 30.0 Å². The van der Waals surface area contributed by atoms with Crippen molar-refractivity contribution >= 4 is 27.6 Å². The van der Waals surface area contributed by atoms with Gasteiger partial charge in [-0.1, -0.05) is 28.1 Å². The van der Waals surface area contributed by atoms with Crippen LogP contribution in [0.4, 0.5) is 0 Å². The van der Waals surface area contributed by atoms with E-state index in [9.17, 15) is 9.59 Å². The Morgan fingerprint density at radius 3 is 2.80 bits per heavy atom. The molecule has 0 bridgehead atoms. The molecular weight excluding hydrogens is 380 g/mol. The van der Waals surface area contributed by atoms with E-state index in [1.54, 1.807) is 0 Å². The molecule has 4 nitrogen and oxygen atoms in total. The summed E-state index contributed by atoms with van der Waals surface area (Å²) in [7, 11) is 0. The monoisotopic (exact) mass is 400 g/mol. The Morgan fingerprint density at radius 2 is 2.12 bits per heavy atom. The number of halogens is 1. The van der Waals surface area contributed by atoms with Crippen LogP contribution in [-0.2, 0) is 13.0 Å². The third-order valence-electron chi connectivity index (χ3n) is 5.14. The summed E-state index contributed by atoms with van der Waals surface area (Å²) in [5.74, 6) is 0.182. The Bertz CT molecular complexity index is 851. The molecule has 1 N–H and O–H groups in total. The van der Waals surface area contributed by atoms with Gasteiger partial charge in [-0.3, -0.25) is 9.59 Å². The number of H-pyrrole nitrogens is 1. The van der Waals surface area contributed by atoms with Crippen LogP contribution in [0.15, 0.2) is 28.7 Å². The highest BCUT2D eigenvalue weighted by atomic mass is 79.9. The number of ketones is 1. The number of nitrogens with zero attached hydrogens (tertiary/aromatic N) is 1. The second kappa shape index (κ2) is 6.45. The third-order valence-corrected chi connectivity index (χ3v) is 5.63. The van der Waals surface area contributed by atoms with Crippen molar-refractivity contribution in [1.29, 1.82) is 0 Å². The van der Waals surface area contributed by atoms with Gasteiger partial charge in [-0.15, -0.1) is 0 Å². The molecule has 5 heteroatoms. The summed E-state index contributed by atoms with van der Waals surface area (Å²) >= 11 is 3.50. The maximum Gasteiger partial charge on any atom is 0.271 e. The highest BCUT2D eigenvalue weighted by Crippen LogP contribution is 2.33. The molecule has 1 saturated carbocycles. The lowest BCUT2D eigenvalue weighted by molar-refractivity contribution is 0.0723. The van der Waals surface area contributed by atoms with Crippen LogP contribution in [0.1, 0.15) is 63.4 Å². The number of hydrogen-bond donors (Lipinski definition) is 1. The second-order valence-corrected chi connectivity index (χ2v) is 7.97. The van der Waals surface area contributed by atoms with Crippen LogP contribution in [-0.4, -0.2) is 27.6 Å². The molecule has 4 rings (SSSR count). The molecule has 0 saturated heterocycles. The zero-order chi connectivity index (χ0) is 17.6. The molecule has 1 heterocycles. The van der Waals surface area contributed by atoms with Gasteiger partial charge < -0.3 is 9.88 Å². The summed E-state index contributed by atoms with van der Waals surface area (Å²) in [6.07, 6.45) is 4.41. The normalized spacial score (nSPS) is 16.6. The van der Waals surface area contributed by atoms with Gasteiger partial charge >= 0.3 is 0 Å². The number of amides is 1. The number of carbonyl (C=O) groups is 2. The second-order valence-electron chi connectivity index (χ2n) is 7.05. The Labute approximate surface area is 155 Å². The number of rotatable bonds is 4. The van der Waals surface area contributed by atoms with Crippen molar-refractivity contribution in [2.75, 3.05) is 0 Å². The van der Waals surface area contributed by atoms with Gasteiger partial charge in [0.05, 0.1) is 0 Å². The highest BCUT2D eigenvalue weighted by molar-refractivity contribution is 9.10. The van der Waals surface area contributed by atoms with E-state index in [0.717, 1.165) is 52.5 Å². The van der Waals surface area contributed by atoms with Crippen LogP contribution in [0.3, 0.4) is 0 Å². The average Bonchev–Trinajstić information content (AvgIpc) is 3.36. The first-order valence-corrected chi connectivity index (χ1v) is 9.64. The lowest BCUT2D eigenvalue weighted by Crippen LogP contribution is -2.33. The van der Waals surface area contributed by atoms with Gasteiger partial charge in [-0.25, -0.2) is 0 Å². The average molecular weight is 401 g/mol. The third kappa shape index (κ3) is 3.17. The molecule has 0 spiro atoms. The number of aryl methyl sites for hydroxylation is 1. The van der Waals surface area contributed by atoms with Gasteiger partial charge in [0, 0.05) is 34.7 Å². The van der Waals surface area contributed by atoms with Crippen molar-refractivity contribution in [3.05, 3.63) is 56.8 Å². The van der Waals surface area contributed by atoms with Crippen molar-refractivity contribution in [3.63, 3.8) is 0 Å². The predicted octanol–water partition coefficient (Wildman–Crippen LogP) is 4.41. The molecule has 2 aromatic rings. The van der Waals surface area contributed by atoms with Crippen molar-refractivity contribution in [2.45, 2.75) is 51.6 Å². The Balaban J connectivity index is 1.65. The predicted molar refractivity (Wildman–Crippen MR) is 99.8 cm³/mol. The number of aromatic amines is 1. The zero-order valence-corrected chi connectivity index (χ0v) is 15.9. The Hall–Kier alpha value is -1.88. The minimum Gasteiger partial charge on any atom is -0.354 e. The molecule has 0 radical (unpaired) electrons. The summed E-state index contributed by atoms with van der Waals surface area (Å²) in [6.45, 7) is 2.50. The van der Waals surface area contributed by atoms with Gasteiger partial charge in [-0.2, -0.15) is 0 Å². The van der Waals surface area contributed by atoms with E-state index in [4.69, 9.17) is 0 Å². The van der Waals surface area contributed by atoms with Gasteiger partial charge in [0.1, 0.15) is 5.69 Å². The van der Waals surface area contributed by atoms with Crippen LogP contribution in [0.25, 0.3) is 0 Å². The van der Waals surface area contributed by atoms with Gasteiger partial charge in [0.25, 0.3) is 5.91 Å². The highest BCUT2D eigenvalue weighted by Gasteiger charge is 2.36. The topological polar surface area (TPSA) is 53.2 Å². The molecule has 2 aliphatic carbocycles. The van der Waals surface area contributed by atoms with Crippen LogP contribution in [0, 0.1) is 6.92 Å². The van der Waals surface area contributed by atoms with Crippen molar-refractivity contribution < 1.29 is 9.59 Å². The number of carbonyl (C=O) groups excluding carboxylic acids is 2. The molecule has 0 aliphatic heterocycles. The molecule has 1 aromatic carbocycles. The van der Waals surface area contributed by atoms with Crippen LogP contribution in [0.5, 0.6) is 0 Å². The first-order valence-electron chi connectivity index (χ1n) is 8.84. The summed E-state index contributed by atoms with van der Waals surface area (Å²) in [6, 6.07) is 8.39. The van der Waals surface area contributed by atoms with Gasteiger partial charge in [0.15, 0.2) is 5.78 Å². The first kappa shape index (κ1) is 16.6. The number of nitrogens with one attached hydrogen (secondary N) is 1. The Morgan fingerprint density at radius 1 is 1.32 bits per heavy atom. The fourth-order valence-corrected chi connectivity index (χ4v) is 4.16. The number of Topliss-reactive ketones (excluding diaryl/α,β-unsaturated/α-hetero) is 1. The summed E-state index contributed by atoms with van der Waals surface area (Å²) in [4.78, 5) is 30.7. The van der Waals surface area contributed by atoms with E-state index >= 15 is 0 Å². The fraction of sp³-hybridized carbons (Fsp3) is 0.400. The quantitative estimate of drug-likeness (QED) is 0.825. The lowest BCUT2D eigenvalue weighted by atomic mass is 9.93. The number of benzene rings is 1. The largest absolute Gasteiger partial charge is 0.354 e. The first-order chi connectivity index (χ1) is 12.0. The summed E-state index contributed by atoms with van der Waals surface area (Å²) in [5.41, 5.74) is 4.23. The van der Waals surface area contributed by atoms with E-state index in [0.29, 0.717) is 24.7 Å². The zero-order valence-electron chi connectivity index (χ0n) is 14.3. The number of aromatic nitrogens is 1. The molecule has 1 fully saturated rings. The van der Waals surface area contributed by atoms with Gasteiger partial charge in [-0.05, 0) is 55.9 Å². The summed E-state index contributed by atoms with van der Waals surface area (Å²) < 4.78 is 1.02. The SMILES string of the molecule is Cc1c(C(=O)N(Cc2cccc(Br)c2)C2CC2)[nH]c2c1C(=O)CCC2. The maximum absolute atomic E-state index is 13.2. The molecule has 130 valence electrons. The minimum atomic E-state index is 0.0159. The lowest BCUT2D eigenvalue weighted by Gasteiger charge is -2.22. The number of fused-ring (bicyclic) bond motifs is 1. The van der Waals surface area contributed by atoms with Crippen molar-refractivity contribution in [2.24, 2.45) is 0 Å². The smallest absolute Gasteiger partial charge is 0.271 e. The van der Waals surface area contributed by atoms with Crippen LogP contribution in [0.2, 0.25) is 0 Å². The standard InChI is InChI=1S/C20H21BrN2O2/c1-12-18-16(6-3-7-17(18)24)22-19(12)20(25)23(15-8-9-15)11-13-4-2-5-14(21)10-13/h2,4-5,10,15,22H,3,6-9,11H2,1H3. The van der Waals surface area contributed by atoms with Crippen molar-refractivity contribution in [1.82, 2.24) is 9.88 Å². The van der Waals surface area contributed by atoms with Crippen LogP contribution < -0.4 is 0 Å². The van der Waals surface area contributed by atoms with E-state index < -0.39 is 0 Å². The number of hydrogen-bond acceptors (Lipinski definition) is 2. The molecule has 0 atom stereocenters. The fourth-order valence-electron chi connectivity index (χ4n) is 3.72. The molecule has 1 amide bonds. The van der Waals surface area contributed by atoms with Crippen molar-refractivity contribution in [3.8, 4) is 0 Å². The van der Waals surface area contributed by atoms with E-state index in [-0.39, 0.29) is 11.7 Å². The molecule has 2 aliphatic rings. The Kier molecular flexibility index (Phi) is 4.28. The van der Waals surface area contributed by atoms with Gasteiger partial charge in [0.2, 0.25) is 0 Å². The van der Waals surface area contributed by atoms with E-state index in [2.05, 4.69) is 27.0 Å². The molecule has 0 unspecified atom stereocenters. The van der Waals surface area contributed by atoms with E-state index in [1.165, 1.54) is 0 Å². The minimum absolute atomic E-state index is 0.0159. The summed E-state index contributed by atoms with van der Waals surface area (Å²) in [5, 5.41) is 0. The molecule has 25 heavy (non-hydrogen) atoms. The molecule has 1 aromatic heterocycles. The molecular formula is C20H21BrN2O2.